The Kier molecular flexibility index (Phi) is 3.64. The Morgan fingerprint density at radius 1 is 1.55 bits per heavy atom. The number of imidazole rings is 1. The summed E-state index contributed by atoms with van der Waals surface area (Å²) in [5.41, 5.74) is 0. The van der Waals surface area contributed by atoms with Crippen molar-refractivity contribution in [2.24, 2.45) is 5.92 Å². The van der Waals surface area contributed by atoms with Crippen LogP contribution in [0.5, 0.6) is 0 Å². The number of anilines is 1. The SMILES string of the molecule is Cc1nnc(NC(=O)NC[C@H]2CCn3ccnc3C2)s1. The third-order valence-corrected chi connectivity index (χ3v) is 4.10. The summed E-state index contributed by atoms with van der Waals surface area (Å²) in [7, 11) is 0. The van der Waals surface area contributed by atoms with Crippen molar-refractivity contribution < 1.29 is 4.79 Å². The summed E-state index contributed by atoms with van der Waals surface area (Å²) in [5, 5.41) is 14.6. The molecule has 0 unspecified atom stereocenters. The monoisotopic (exact) mass is 292 g/mol. The molecule has 2 N–H and O–H groups in total. The van der Waals surface area contributed by atoms with Gasteiger partial charge in [0.05, 0.1) is 0 Å². The molecule has 1 aliphatic heterocycles. The van der Waals surface area contributed by atoms with Gasteiger partial charge in [-0.3, -0.25) is 5.32 Å². The Morgan fingerprint density at radius 2 is 2.45 bits per heavy atom. The number of hydrogen-bond donors (Lipinski definition) is 2. The zero-order valence-electron chi connectivity index (χ0n) is 11.2. The van der Waals surface area contributed by atoms with E-state index in [0.717, 1.165) is 30.2 Å². The van der Waals surface area contributed by atoms with Gasteiger partial charge in [0.2, 0.25) is 5.13 Å². The average molecular weight is 292 g/mol. The van der Waals surface area contributed by atoms with Crippen LogP contribution < -0.4 is 10.6 Å². The largest absolute Gasteiger partial charge is 0.338 e. The number of aryl methyl sites for hydroxylation is 2. The van der Waals surface area contributed by atoms with Crippen LogP contribution in [0, 0.1) is 12.8 Å². The van der Waals surface area contributed by atoms with E-state index in [4.69, 9.17) is 0 Å². The second-order valence-electron chi connectivity index (χ2n) is 4.86. The Morgan fingerprint density at radius 3 is 3.25 bits per heavy atom. The summed E-state index contributed by atoms with van der Waals surface area (Å²) in [6, 6.07) is -0.227. The first-order valence-electron chi connectivity index (χ1n) is 6.55. The van der Waals surface area contributed by atoms with Crippen molar-refractivity contribution in [3.63, 3.8) is 0 Å². The molecule has 2 amide bonds. The van der Waals surface area contributed by atoms with Gasteiger partial charge >= 0.3 is 6.03 Å². The van der Waals surface area contributed by atoms with Crippen LogP contribution in [-0.2, 0) is 13.0 Å². The average Bonchev–Trinajstić information content (AvgIpc) is 3.04. The third kappa shape index (κ3) is 2.96. The highest BCUT2D eigenvalue weighted by Crippen LogP contribution is 2.18. The molecule has 0 saturated carbocycles. The number of carbonyl (C=O) groups is 1. The van der Waals surface area contributed by atoms with Gasteiger partial charge in [0.15, 0.2) is 0 Å². The van der Waals surface area contributed by atoms with Crippen LogP contribution >= 0.6 is 11.3 Å². The van der Waals surface area contributed by atoms with E-state index >= 15 is 0 Å². The van der Waals surface area contributed by atoms with Crippen molar-refractivity contribution in [2.75, 3.05) is 11.9 Å². The lowest BCUT2D eigenvalue weighted by atomic mass is 9.98. The molecule has 0 fully saturated rings. The van der Waals surface area contributed by atoms with Gasteiger partial charge in [-0.2, -0.15) is 0 Å². The summed E-state index contributed by atoms with van der Waals surface area (Å²) in [6.07, 6.45) is 5.80. The van der Waals surface area contributed by atoms with Crippen molar-refractivity contribution in [2.45, 2.75) is 26.3 Å². The van der Waals surface area contributed by atoms with Crippen LogP contribution in [0.15, 0.2) is 12.4 Å². The Labute approximate surface area is 120 Å². The Balaban J connectivity index is 1.47. The number of fused-ring (bicyclic) bond motifs is 1. The van der Waals surface area contributed by atoms with E-state index in [1.807, 2.05) is 19.3 Å². The molecule has 2 aromatic rings. The van der Waals surface area contributed by atoms with Gasteiger partial charge in [-0.05, 0) is 19.3 Å². The van der Waals surface area contributed by atoms with E-state index in [1.165, 1.54) is 11.3 Å². The fraction of sp³-hybridized carbons (Fsp3) is 0.500. The molecule has 8 heteroatoms. The Bertz CT molecular complexity index is 607. The molecule has 0 aromatic carbocycles. The van der Waals surface area contributed by atoms with Crippen LogP contribution in [0.4, 0.5) is 9.93 Å². The molecule has 0 bridgehead atoms. The normalized spacial score (nSPS) is 17.6. The molecule has 0 radical (unpaired) electrons. The molecule has 0 aliphatic carbocycles. The predicted octanol–water partition coefficient (Wildman–Crippen LogP) is 1.43. The highest BCUT2D eigenvalue weighted by molar-refractivity contribution is 7.15. The van der Waals surface area contributed by atoms with E-state index in [9.17, 15) is 4.79 Å². The minimum absolute atomic E-state index is 0.227. The van der Waals surface area contributed by atoms with E-state index in [0.29, 0.717) is 17.6 Å². The number of nitrogens with zero attached hydrogens (tertiary/aromatic N) is 4. The highest BCUT2D eigenvalue weighted by atomic mass is 32.1. The maximum atomic E-state index is 11.8. The quantitative estimate of drug-likeness (QED) is 0.896. The highest BCUT2D eigenvalue weighted by Gasteiger charge is 2.19. The van der Waals surface area contributed by atoms with Gasteiger partial charge < -0.3 is 9.88 Å². The fourth-order valence-electron chi connectivity index (χ4n) is 2.32. The van der Waals surface area contributed by atoms with Crippen LogP contribution in [-0.4, -0.2) is 32.3 Å². The van der Waals surface area contributed by atoms with E-state index < -0.39 is 0 Å². The predicted molar refractivity (Wildman–Crippen MR) is 75.7 cm³/mol. The van der Waals surface area contributed by atoms with Crippen molar-refractivity contribution in [1.82, 2.24) is 25.1 Å². The number of hydrogen-bond acceptors (Lipinski definition) is 5. The van der Waals surface area contributed by atoms with Gasteiger partial charge in [-0.1, -0.05) is 11.3 Å². The lowest BCUT2D eigenvalue weighted by molar-refractivity contribution is 0.248. The molecule has 1 aliphatic rings. The first-order chi connectivity index (χ1) is 9.70. The summed E-state index contributed by atoms with van der Waals surface area (Å²) in [4.78, 5) is 16.1. The van der Waals surface area contributed by atoms with Gasteiger partial charge in [-0.25, -0.2) is 9.78 Å². The van der Waals surface area contributed by atoms with Gasteiger partial charge in [0, 0.05) is 31.9 Å². The number of amides is 2. The second kappa shape index (κ2) is 5.58. The smallest absolute Gasteiger partial charge is 0.321 e. The summed E-state index contributed by atoms with van der Waals surface area (Å²) in [5.74, 6) is 1.54. The Hall–Kier alpha value is -1.96. The fourth-order valence-corrected chi connectivity index (χ4v) is 2.90. The van der Waals surface area contributed by atoms with Crippen LogP contribution in [0.2, 0.25) is 0 Å². The van der Waals surface area contributed by atoms with Crippen LogP contribution in [0.3, 0.4) is 0 Å². The number of aromatic nitrogens is 4. The minimum atomic E-state index is -0.227. The summed E-state index contributed by atoms with van der Waals surface area (Å²) >= 11 is 1.36. The zero-order chi connectivity index (χ0) is 13.9. The maximum Gasteiger partial charge on any atom is 0.321 e. The molecule has 0 saturated heterocycles. The first-order valence-corrected chi connectivity index (χ1v) is 7.37. The lowest BCUT2D eigenvalue weighted by Gasteiger charge is -2.23. The van der Waals surface area contributed by atoms with Gasteiger partial charge in [-0.15, -0.1) is 10.2 Å². The molecule has 3 heterocycles. The molecule has 0 spiro atoms. The number of rotatable bonds is 3. The number of urea groups is 1. The lowest BCUT2D eigenvalue weighted by Crippen LogP contribution is -2.35. The minimum Gasteiger partial charge on any atom is -0.338 e. The molecule has 3 rings (SSSR count). The number of carbonyl (C=O) groups excluding carboxylic acids is 1. The van der Waals surface area contributed by atoms with Crippen molar-refractivity contribution in [3.8, 4) is 0 Å². The zero-order valence-corrected chi connectivity index (χ0v) is 12.0. The molecular weight excluding hydrogens is 276 g/mol. The van der Waals surface area contributed by atoms with Gasteiger partial charge in [0.1, 0.15) is 10.8 Å². The molecule has 106 valence electrons. The van der Waals surface area contributed by atoms with E-state index in [2.05, 4.69) is 30.4 Å². The van der Waals surface area contributed by atoms with E-state index in [1.54, 1.807) is 0 Å². The first kappa shape index (κ1) is 13.0. The maximum absolute atomic E-state index is 11.8. The van der Waals surface area contributed by atoms with E-state index in [-0.39, 0.29) is 6.03 Å². The van der Waals surface area contributed by atoms with Gasteiger partial charge in [0.25, 0.3) is 0 Å². The van der Waals surface area contributed by atoms with Crippen molar-refractivity contribution >= 4 is 22.5 Å². The molecule has 7 nitrogen and oxygen atoms in total. The molecule has 2 aromatic heterocycles. The molecule has 20 heavy (non-hydrogen) atoms. The standard InChI is InChI=1S/C12H16N6OS/c1-8-16-17-12(20-8)15-11(19)14-7-9-2-4-18-5-3-13-10(18)6-9/h3,5,9H,2,4,6-7H2,1H3,(H2,14,15,17,19)/t9-/m0/s1. The molecule has 1 atom stereocenters. The summed E-state index contributed by atoms with van der Waals surface area (Å²) < 4.78 is 2.17. The third-order valence-electron chi connectivity index (χ3n) is 3.35. The van der Waals surface area contributed by atoms with Crippen molar-refractivity contribution in [1.29, 1.82) is 0 Å². The van der Waals surface area contributed by atoms with Crippen LogP contribution in [0.25, 0.3) is 0 Å². The second-order valence-corrected chi connectivity index (χ2v) is 6.04. The van der Waals surface area contributed by atoms with Crippen LogP contribution in [0.1, 0.15) is 17.3 Å². The molecular formula is C12H16N6OS. The topological polar surface area (TPSA) is 84.7 Å². The summed E-state index contributed by atoms with van der Waals surface area (Å²) in [6.45, 7) is 3.47. The number of nitrogens with one attached hydrogen (secondary N) is 2. The van der Waals surface area contributed by atoms with Crippen molar-refractivity contribution in [3.05, 3.63) is 23.2 Å².